The Labute approximate surface area is 200 Å². The Balaban J connectivity index is 1.79. The number of rotatable bonds is 8. The number of anilines is 1. The van der Waals surface area contributed by atoms with Crippen molar-refractivity contribution >= 4 is 63.7 Å². The molecule has 0 aliphatic heterocycles. The molecule has 0 saturated carbocycles. The molecule has 30 heavy (non-hydrogen) atoms. The van der Waals surface area contributed by atoms with E-state index in [1.54, 1.807) is 36.4 Å². The molecule has 0 bridgehead atoms. The van der Waals surface area contributed by atoms with Gasteiger partial charge in [-0.1, -0.05) is 64.1 Å². The molecule has 0 radical (unpaired) electrons. The molecule has 0 saturated heterocycles. The highest BCUT2D eigenvalue weighted by atomic mass is 35.5. The summed E-state index contributed by atoms with van der Waals surface area (Å²) in [5.41, 5.74) is 2.28. The second-order valence-corrected chi connectivity index (χ2v) is 8.36. The molecular formula is C22H18Cl5NO2. The lowest BCUT2D eigenvalue weighted by molar-refractivity contribution is 0.269. The van der Waals surface area contributed by atoms with Crippen LogP contribution in [0.25, 0.3) is 0 Å². The van der Waals surface area contributed by atoms with E-state index in [4.69, 9.17) is 67.5 Å². The first-order valence-electron chi connectivity index (χ1n) is 9.09. The van der Waals surface area contributed by atoms with Gasteiger partial charge in [-0.15, -0.1) is 0 Å². The van der Waals surface area contributed by atoms with Gasteiger partial charge >= 0.3 is 0 Å². The summed E-state index contributed by atoms with van der Waals surface area (Å²) < 4.78 is 11.7. The van der Waals surface area contributed by atoms with E-state index in [1.165, 1.54) is 0 Å². The summed E-state index contributed by atoms with van der Waals surface area (Å²) in [4.78, 5) is 0. The fraction of sp³-hybridized carbons (Fsp3) is 0.182. The van der Waals surface area contributed by atoms with Crippen molar-refractivity contribution in [2.75, 3.05) is 11.9 Å². The van der Waals surface area contributed by atoms with Crippen LogP contribution in [0.3, 0.4) is 0 Å². The number of halogens is 5. The van der Waals surface area contributed by atoms with Crippen molar-refractivity contribution in [3.8, 4) is 11.5 Å². The molecule has 0 fully saturated rings. The minimum absolute atomic E-state index is 0.187. The van der Waals surface area contributed by atoms with Crippen LogP contribution in [-0.4, -0.2) is 6.61 Å². The number of hydrogen-bond donors (Lipinski definition) is 1. The maximum absolute atomic E-state index is 6.50. The zero-order valence-electron chi connectivity index (χ0n) is 15.9. The van der Waals surface area contributed by atoms with Crippen LogP contribution in [0.15, 0.2) is 48.5 Å². The minimum Gasteiger partial charge on any atom is -0.490 e. The third kappa shape index (κ3) is 5.81. The van der Waals surface area contributed by atoms with Crippen molar-refractivity contribution in [1.82, 2.24) is 0 Å². The topological polar surface area (TPSA) is 30.5 Å². The molecule has 0 aliphatic rings. The molecule has 0 unspecified atom stereocenters. The third-order valence-corrected chi connectivity index (χ3v) is 5.85. The van der Waals surface area contributed by atoms with Gasteiger partial charge in [-0.2, -0.15) is 0 Å². The second kappa shape index (κ2) is 10.7. The standard InChI is InChI=1S/C22H18Cl5NO2/c1-2-29-21-8-13(11-28-20-7-6-14(23)9-19(20)27)18(26)10-22(21)30-12-15-16(24)4-3-5-17(15)25/h3-10,28H,2,11-12H2,1H3. The van der Waals surface area contributed by atoms with E-state index in [2.05, 4.69) is 5.32 Å². The fourth-order valence-corrected chi connectivity index (χ4v) is 3.94. The molecule has 3 nitrogen and oxygen atoms in total. The van der Waals surface area contributed by atoms with Gasteiger partial charge in [0.05, 0.1) is 17.3 Å². The molecular weight excluding hydrogens is 488 g/mol. The number of nitrogens with one attached hydrogen (secondary N) is 1. The van der Waals surface area contributed by atoms with Gasteiger partial charge in [0.25, 0.3) is 0 Å². The van der Waals surface area contributed by atoms with Crippen LogP contribution in [0.5, 0.6) is 11.5 Å². The fourth-order valence-electron chi connectivity index (χ4n) is 2.74. The van der Waals surface area contributed by atoms with Crippen molar-refractivity contribution in [2.24, 2.45) is 0 Å². The zero-order valence-corrected chi connectivity index (χ0v) is 19.7. The van der Waals surface area contributed by atoms with E-state index in [-0.39, 0.29) is 6.61 Å². The molecule has 3 rings (SSSR count). The quantitative estimate of drug-likeness (QED) is 0.333. The average Bonchev–Trinajstić information content (AvgIpc) is 2.69. The second-order valence-electron chi connectivity index (χ2n) is 6.29. The highest BCUT2D eigenvalue weighted by molar-refractivity contribution is 6.36. The Kier molecular flexibility index (Phi) is 8.27. The number of benzene rings is 3. The molecule has 158 valence electrons. The highest BCUT2D eigenvalue weighted by Gasteiger charge is 2.14. The summed E-state index contributed by atoms with van der Waals surface area (Å²) in [6.07, 6.45) is 0. The van der Waals surface area contributed by atoms with Crippen LogP contribution < -0.4 is 14.8 Å². The Morgan fingerprint density at radius 1 is 0.767 bits per heavy atom. The summed E-state index contributed by atoms with van der Waals surface area (Å²) in [6.45, 7) is 3.00. The molecule has 1 N–H and O–H groups in total. The molecule has 0 aromatic heterocycles. The summed E-state index contributed by atoms with van der Waals surface area (Å²) in [5, 5.41) is 5.95. The third-order valence-electron chi connectivity index (χ3n) is 4.25. The Bertz CT molecular complexity index is 1020. The normalized spacial score (nSPS) is 10.7. The van der Waals surface area contributed by atoms with Crippen molar-refractivity contribution in [3.05, 3.63) is 84.8 Å². The molecule has 8 heteroatoms. The van der Waals surface area contributed by atoms with Gasteiger partial charge in [-0.3, -0.25) is 0 Å². The summed E-state index contributed by atoms with van der Waals surface area (Å²) in [5.74, 6) is 1.08. The van der Waals surface area contributed by atoms with Gasteiger partial charge in [0.2, 0.25) is 0 Å². The lowest BCUT2D eigenvalue weighted by atomic mass is 10.2. The monoisotopic (exact) mass is 503 g/mol. The summed E-state index contributed by atoms with van der Waals surface area (Å²) in [6, 6.07) is 14.1. The predicted molar refractivity (Wildman–Crippen MR) is 127 cm³/mol. The van der Waals surface area contributed by atoms with Crippen molar-refractivity contribution in [3.63, 3.8) is 0 Å². The largest absolute Gasteiger partial charge is 0.490 e. The zero-order chi connectivity index (χ0) is 21.7. The van der Waals surface area contributed by atoms with Crippen molar-refractivity contribution < 1.29 is 9.47 Å². The van der Waals surface area contributed by atoms with E-state index in [0.29, 0.717) is 55.3 Å². The Morgan fingerprint density at radius 3 is 2.13 bits per heavy atom. The van der Waals surface area contributed by atoms with Gasteiger partial charge in [0.15, 0.2) is 11.5 Å². The van der Waals surface area contributed by atoms with Gasteiger partial charge in [0, 0.05) is 38.3 Å². The molecule has 0 atom stereocenters. The summed E-state index contributed by atoms with van der Waals surface area (Å²) >= 11 is 31.1. The van der Waals surface area contributed by atoms with Crippen LogP contribution in [-0.2, 0) is 13.2 Å². The van der Waals surface area contributed by atoms with Crippen LogP contribution in [0.1, 0.15) is 18.1 Å². The van der Waals surface area contributed by atoms with Gasteiger partial charge < -0.3 is 14.8 Å². The molecule has 0 spiro atoms. The lowest BCUT2D eigenvalue weighted by Crippen LogP contribution is -2.04. The van der Waals surface area contributed by atoms with Crippen molar-refractivity contribution in [2.45, 2.75) is 20.1 Å². The maximum atomic E-state index is 6.50. The first kappa shape index (κ1) is 23.2. The molecule has 3 aromatic carbocycles. The SMILES string of the molecule is CCOc1cc(CNc2ccc(Cl)cc2Cl)c(Cl)cc1OCc1c(Cl)cccc1Cl. The average molecular weight is 506 g/mol. The van der Waals surface area contributed by atoms with Crippen LogP contribution in [0, 0.1) is 0 Å². The molecule has 0 amide bonds. The first-order valence-corrected chi connectivity index (χ1v) is 11.0. The number of hydrogen-bond acceptors (Lipinski definition) is 3. The molecule has 0 aliphatic carbocycles. The molecule has 3 aromatic rings. The van der Waals surface area contributed by atoms with Crippen LogP contribution >= 0.6 is 58.0 Å². The van der Waals surface area contributed by atoms with Crippen LogP contribution in [0.2, 0.25) is 25.1 Å². The van der Waals surface area contributed by atoms with E-state index in [0.717, 1.165) is 11.3 Å². The Morgan fingerprint density at radius 2 is 1.47 bits per heavy atom. The van der Waals surface area contributed by atoms with Crippen molar-refractivity contribution in [1.29, 1.82) is 0 Å². The van der Waals surface area contributed by atoms with Crippen LogP contribution in [0.4, 0.5) is 5.69 Å². The van der Waals surface area contributed by atoms with E-state index in [9.17, 15) is 0 Å². The minimum atomic E-state index is 0.187. The first-order chi connectivity index (χ1) is 14.4. The molecule has 0 heterocycles. The lowest BCUT2D eigenvalue weighted by Gasteiger charge is -2.16. The van der Waals surface area contributed by atoms with E-state index in [1.807, 2.05) is 19.1 Å². The summed E-state index contributed by atoms with van der Waals surface area (Å²) in [7, 11) is 0. The maximum Gasteiger partial charge on any atom is 0.163 e. The van der Waals surface area contributed by atoms with Gasteiger partial charge in [0.1, 0.15) is 6.61 Å². The van der Waals surface area contributed by atoms with E-state index < -0.39 is 0 Å². The predicted octanol–water partition coefficient (Wildman–Crippen LogP) is 8.54. The Hall–Kier alpha value is -1.49. The number of ether oxygens (including phenoxy) is 2. The smallest absolute Gasteiger partial charge is 0.163 e. The van der Waals surface area contributed by atoms with Gasteiger partial charge in [-0.05, 0) is 48.9 Å². The van der Waals surface area contributed by atoms with Gasteiger partial charge in [-0.25, -0.2) is 0 Å². The van der Waals surface area contributed by atoms with E-state index >= 15 is 0 Å². The highest BCUT2D eigenvalue weighted by Crippen LogP contribution is 2.36.